The van der Waals surface area contributed by atoms with Crippen LogP contribution in [-0.2, 0) is 16.6 Å². The minimum atomic E-state index is -3.42. The first-order chi connectivity index (χ1) is 8.42. The van der Waals surface area contributed by atoms with Crippen molar-refractivity contribution in [2.24, 2.45) is 0 Å². The molecule has 0 amide bonds. The van der Waals surface area contributed by atoms with Gasteiger partial charge in [0.1, 0.15) is 0 Å². The highest BCUT2D eigenvalue weighted by atomic mass is 79.9. The van der Waals surface area contributed by atoms with E-state index in [9.17, 15) is 8.42 Å². The Balaban J connectivity index is 3.22. The predicted octanol–water partition coefficient (Wildman–Crippen LogP) is 2.17. The summed E-state index contributed by atoms with van der Waals surface area (Å²) in [4.78, 5) is 0.339. The number of nitrogens with one attached hydrogen (secondary N) is 2. The maximum Gasteiger partial charge on any atom is 0.240 e. The van der Waals surface area contributed by atoms with E-state index in [-0.39, 0.29) is 0 Å². The molecule has 0 aliphatic rings. The SMILES string of the molecule is CCNCc1cc(Br)c(C)c(S(=O)(=O)NCC)c1. The molecule has 102 valence electrons. The molecule has 6 heteroatoms. The Bertz CT molecular complexity index is 515. The third-order valence-electron chi connectivity index (χ3n) is 2.56. The van der Waals surface area contributed by atoms with Crippen LogP contribution in [0.3, 0.4) is 0 Å². The normalized spacial score (nSPS) is 11.8. The Hall–Kier alpha value is -0.430. The number of sulfonamides is 1. The monoisotopic (exact) mass is 334 g/mol. The molecule has 0 heterocycles. The van der Waals surface area contributed by atoms with Gasteiger partial charge in [0, 0.05) is 17.6 Å². The molecule has 0 unspecified atom stereocenters. The lowest BCUT2D eigenvalue weighted by molar-refractivity contribution is 0.583. The standard InChI is InChI=1S/C12H19BrN2O2S/c1-4-14-8-10-6-11(13)9(3)12(7-10)18(16,17)15-5-2/h6-7,14-15H,4-5,8H2,1-3H3. The lowest BCUT2D eigenvalue weighted by Crippen LogP contribution is -2.24. The fourth-order valence-electron chi connectivity index (χ4n) is 1.63. The smallest absolute Gasteiger partial charge is 0.240 e. The number of hydrogen-bond acceptors (Lipinski definition) is 3. The van der Waals surface area contributed by atoms with Gasteiger partial charge in [-0.3, -0.25) is 0 Å². The second-order valence-electron chi connectivity index (χ2n) is 3.98. The fourth-order valence-corrected chi connectivity index (χ4v) is 3.62. The van der Waals surface area contributed by atoms with Gasteiger partial charge in [0.15, 0.2) is 0 Å². The summed E-state index contributed by atoms with van der Waals surface area (Å²) in [6.45, 7) is 7.47. The second kappa shape index (κ2) is 6.65. The minimum Gasteiger partial charge on any atom is -0.313 e. The van der Waals surface area contributed by atoms with Gasteiger partial charge >= 0.3 is 0 Å². The van der Waals surface area contributed by atoms with Crippen molar-refractivity contribution < 1.29 is 8.42 Å². The van der Waals surface area contributed by atoms with Gasteiger partial charge in [-0.05, 0) is 36.7 Å². The molecule has 0 aliphatic heterocycles. The summed E-state index contributed by atoms with van der Waals surface area (Å²) in [6.07, 6.45) is 0. The van der Waals surface area contributed by atoms with Crippen LogP contribution in [0.2, 0.25) is 0 Å². The number of benzene rings is 1. The van der Waals surface area contributed by atoms with E-state index in [0.717, 1.165) is 22.1 Å². The largest absolute Gasteiger partial charge is 0.313 e. The zero-order valence-electron chi connectivity index (χ0n) is 10.9. The van der Waals surface area contributed by atoms with E-state index in [1.165, 1.54) is 0 Å². The zero-order valence-corrected chi connectivity index (χ0v) is 13.3. The first-order valence-electron chi connectivity index (χ1n) is 5.91. The molecule has 2 N–H and O–H groups in total. The molecule has 1 rings (SSSR count). The molecule has 0 fully saturated rings. The molecular formula is C12H19BrN2O2S. The quantitative estimate of drug-likeness (QED) is 0.838. The Morgan fingerprint density at radius 3 is 2.44 bits per heavy atom. The number of rotatable bonds is 6. The van der Waals surface area contributed by atoms with Gasteiger partial charge in [0.2, 0.25) is 10.0 Å². The topological polar surface area (TPSA) is 58.2 Å². The van der Waals surface area contributed by atoms with E-state index >= 15 is 0 Å². The van der Waals surface area contributed by atoms with Crippen molar-refractivity contribution in [3.8, 4) is 0 Å². The molecule has 0 spiro atoms. The van der Waals surface area contributed by atoms with Gasteiger partial charge in [-0.15, -0.1) is 0 Å². The molecule has 0 aromatic heterocycles. The molecule has 18 heavy (non-hydrogen) atoms. The van der Waals surface area contributed by atoms with Crippen molar-refractivity contribution in [1.82, 2.24) is 10.0 Å². The van der Waals surface area contributed by atoms with Crippen molar-refractivity contribution in [2.45, 2.75) is 32.2 Å². The van der Waals surface area contributed by atoms with Crippen LogP contribution in [0.1, 0.15) is 25.0 Å². The first kappa shape index (κ1) is 15.6. The first-order valence-corrected chi connectivity index (χ1v) is 8.19. The van der Waals surface area contributed by atoms with Gasteiger partial charge < -0.3 is 5.32 Å². The number of hydrogen-bond donors (Lipinski definition) is 2. The van der Waals surface area contributed by atoms with E-state index in [4.69, 9.17) is 0 Å². The summed E-state index contributed by atoms with van der Waals surface area (Å²) in [6, 6.07) is 3.67. The van der Waals surface area contributed by atoms with E-state index in [0.29, 0.717) is 18.0 Å². The van der Waals surface area contributed by atoms with Gasteiger partial charge in [-0.2, -0.15) is 0 Å². The third-order valence-corrected chi connectivity index (χ3v) is 5.05. The second-order valence-corrected chi connectivity index (χ2v) is 6.57. The molecular weight excluding hydrogens is 316 g/mol. The molecule has 0 saturated carbocycles. The zero-order chi connectivity index (χ0) is 13.8. The van der Waals surface area contributed by atoms with Crippen LogP contribution in [0.5, 0.6) is 0 Å². The summed E-state index contributed by atoms with van der Waals surface area (Å²) in [7, 11) is -3.42. The minimum absolute atomic E-state index is 0.339. The third kappa shape index (κ3) is 3.78. The average molecular weight is 335 g/mol. The summed E-state index contributed by atoms with van der Waals surface area (Å²) >= 11 is 3.41. The summed E-state index contributed by atoms with van der Waals surface area (Å²) < 4.78 is 27.5. The summed E-state index contributed by atoms with van der Waals surface area (Å²) in [5.74, 6) is 0. The van der Waals surface area contributed by atoms with Gasteiger partial charge in [-0.1, -0.05) is 29.8 Å². The molecule has 1 aromatic rings. The van der Waals surface area contributed by atoms with Crippen LogP contribution in [0.4, 0.5) is 0 Å². The van der Waals surface area contributed by atoms with Crippen molar-refractivity contribution >= 4 is 26.0 Å². The van der Waals surface area contributed by atoms with Crippen LogP contribution < -0.4 is 10.0 Å². The molecule has 0 aliphatic carbocycles. The van der Waals surface area contributed by atoms with Crippen molar-refractivity contribution in [1.29, 1.82) is 0 Å². The lowest BCUT2D eigenvalue weighted by atomic mass is 10.1. The molecule has 1 aromatic carbocycles. The van der Waals surface area contributed by atoms with Crippen LogP contribution in [-0.4, -0.2) is 21.5 Å². The molecule has 4 nitrogen and oxygen atoms in total. The Morgan fingerprint density at radius 2 is 1.89 bits per heavy atom. The lowest BCUT2D eigenvalue weighted by Gasteiger charge is -2.12. The molecule has 0 atom stereocenters. The van der Waals surface area contributed by atoms with E-state index in [1.54, 1.807) is 19.9 Å². The van der Waals surface area contributed by atoms with Gasteiger partial charge in [0.25, 0.3) is 0 Å². The molecule has 0 saturated heterocycles. The van der Waals surface area contributed by atoms with Crippen LogP contribution in [0.15, 0.2) is 21.5 Å². The van der Waals surface area contributed by atoms with Crippen LogP contribution >= 0.6 is 15.9 Å². The van der Waals surface area contributed by atoms with Gasteiger partial charge in [0.05, 0.1) is 4.90 Å². The Labute approximate surface area is 117 Å². The Kier molecular flexibility index (Phi) is 5.78. The maximum absolute atomic E-state index is 12.1. The van der Waals surface area contributed by atoms with Crippen LogP contribution in [0.25, 0.3) is 0 Å². The predicted molar refractivity (Wildman–Crippen MR) is 77.1 cm³/mol. The molecule has 0 radical (unpaired) electrons. The highest BCUT2D eigenvalue weighted by Gasteiger charge is 2.18. The number of halogens is 1. The van der Waals surface area contributed by atoms with Crippen LogP contribution in [0, 0.1) is 6.92 Å². The highest BCUT2D eigenvalue weighted by Crippen LogP contribution is 2.25. The Morgan fingerprint density at radius 1 is 1.22 bits per heavy atom. The fraction of sp³-hybridized carbons (Fsp3) is 0.500. The van der Waals surface area contributed by atoms with Crippen molar-refractivity contribution in [3.63, 3.8) is 0 Å². The van der Waals surface area contributed by atoms with Gasteiger partial charge in [-0.25, -0.2) is 13.1 Å². The van der Waals surface area contributed by atoms with E-state index < -0.39 is 10.0 Å². The van der Waals surface area contributed by atoms with E-state index in [2.05, 4.69) is 26.0 Å². The molecule has 0 bridgehead atoms. The maximum atomic E-state index is 12.1. The average Bonchev–Trinajstić information content (AvgIpc) is 2.30. The summed E-state index contributed by atoms with van der Waals surface area (Å²) in [5, 5.41) is 3.19. The van der Waals surface area contributed by atoms with Crippen molar-refractivity contribution in [3.05, 3.63) is 27.7 Å². The summed E-state index contributed by atoms with van der Waals surface area (Å²) in [5.41, 5.74) is 1.68. The van der Waals surface area contributed by atoms with E-state index in [1.807, 2.05) is 13.0 Å². The highest BCUT2D eigenvalue weighted by molar-refractivity contribution is 9.10. The van der Waals surface area contributed by atoms with Crippen molar-refractivity contribution in [2.75, 3.05) is 13.1 Å².